The highest BCUT2D eigenvalue weighted by Crippen LogP contribution is 2.44. The molecule has 0 bridgehead atoms. The number of aromatic nitrogens is 5. The highest BCUT2D eigenvalue weighted by Gasteiger charge is 2.44. The molecular weight excluding hydrogens is 476 g/mol. The molecule has 2 aliphatic carbocycles. The second-order valence-electron chi connectivity index (χ2n) is 9.11. The van der Waals surface area contributed by atoms with Gasteiger partial charge in [0.1, 0.15) is 6.10 Å². The first-order valence-electron chi connectivity index (χ1n) is 11.7. The van der Waals surface area contributed by atoms with Gasteiger partial charge in [-0.25, -0.2) is 14.6 Å². The predicted octanol–water partition coefficient (Wildman–Crippen LogP) is 3.01. The van der Waals surface area contributed by atoms with E-state index in [1.165, 1.54) is 5.56 Å². The summed E-state index contributed by atoms with van der Waals surface area (Å²) in [6, 6.07) is 7.66. The van der Waals surface area contributed by atoms with E-state index < -0.39 is 18.2 Å². The van der Waals surface area contributed by atoms with Crippen LogP contribution in [-0.4, -0.2) is 70.9 Å². The number of hydrogen-bond donors (Lipinski definition) is 4. The Balaban J connectivity index is 1.45. The second-order valence-corrected chi connectivity index (χ2v) is 10.6. The van der Waals surface area contributed by atoms with E-state index in [-0.39, 0.29) is 18.6 Å². The maximum atomic E-state index is 10.7. The Hall–Kier alpha value is -1.98. The molecule has 2 aliphatic rings. The van der Waals surface area contributed by atoms with Gasteiger partial charge < -0.3 is 20.6 Å². The van der Waals surface area contributed by atoms with Gasteiger partial charge in [-0.05, 0) is 49.3 Å². The zero-order valence-corrected chi connectivity index (χ0v) is 20.5. The number of aliphatic hydroxyl groups is 3. The number of fused-ring (bicyclic) bond motifs is 1. The van der Waals surface area contributed by atoms with Gasteiger partial charge in [0.25, 0.3) is 0 Å². The summed E-state index contributed by atoms with van der Waals surface area (Å²) in [7, 11) is 0. The van der Waals surface area contributed by atoms with Crippen LogP contribution in [-0.2, 0) is 0 Å². The van der Waals surface area contributed by atoms with Crippen LogP contribution in [0.25, 0.3) is 11.2 Å². The van der Waals surface area contributed by atoms with E-state index in [0.717, 1.165) is 23.6 Å². The minimum Gasteiger partial charge on any atom is -0.396 e. The van der Waals surface area contributed by atoms with Crippen LogP contribution in [0.2, 0.25) is 5.02 Å². The summed E-state index contributed by atoms with van der Waals surface area (Å²) in [5.41, 5.74) is 2.28. The van der Waals surface area contributed by atoms with Crippen LogP contribution in [0.15, 0.2) is 29.4 Å². The molecule has 11 heteroatoms. The summed E-state index contributed by atoms with van der Waals surface area (Å²) in [5, 5.41) is 44.0. The number of nitrogens with one attached hydrogen (secondary N) is 1. The van der Waals surface area contributed by atoms with Crippen molar-refractivity contribution in [3.63, 3.8) is 0 Å². The molecular formula is C23H29ClN6O3S. The van der Waals surface area contributed by atoms with E-state index >= 15 is 0 Å². The monoisotopic (exact) mass is 504 g/mol. The van der Waals surface area contributed by atoms with Crippen LogP contribution in [0.4, 0.5) is 5.82 Å². The molecule has 2 fully saturated rings. The molecule has 182 valence electrons. The number of rotatable bonds is 9. The first-order valence-corrected chi connectivity index (χ1v) is 13.1. The number of hydrogen-bond acceptors (Lipinski definition) is 9. The maximum Gasteiger partial charge on any atom is 0.191 e. The van der Waals surface area contributed by atoms with Gasteiger partial charge in [-0.1, -0.05) is 47.6 Å². The molecule has 0 aliphatic heterocycles. The molecule has 2 aromatic heterocycles. The molecule has 4 N–H and O–H groups in total. The van der Waals surface area contributed by atoms with Crippen LogP contribution in [0.1, 0.15) is 50.1 Å². The molecule has 0 radical (unpaired) electrons. The number of thioether (sulfide) groups is 1. The zero-order chi connectivity index (χ0) is 23.8. The van der Waals surface area contributed by atoms with Crippen molar-refractivity contribution in [2.24, 2.45) is 5.92 Å². The van der Waals surface area contributed by atoms with Gasteiger partial charge in [-0.15, -0.1) is 5.10 Å². The Kier molecular flexibility index (Phi) is 6.95. The van der Waals surface area contributed by atoms with Crippen molar-refractivity contribution in [1.29, 1.82) is 0 Å². The van der Waals surface area contributed by atoms with Crippen molar-refractivity contribution in [2.45, 2.75) is 68.0 Å². The number of benzene rings is 1. The third-order valence-corrected chi connectivity index (χ3v) is 8.00. The third kappa shape index (κ3) is 4.61. The van der Waals surface area contributed by atoms with Crippen LogP contribution < -0.4 is 5.32 Å². The molecule has 0 saturated heterocycles. The van der Waals surface area contributed by atoms with E-state index in [9.17, 15) is 15.3 Å². The normalized spacial score (nSPS) is 28.5. The molecule has 0 spiro atoms. The van der Waals surface area contributed by atoms with E-state index in [2.05, 4.69) is 28.6 Å². The number of nitrogens with zero attached hydrogens (tertiary/aromatic N) is 5. The Bertz CT molecular complexity index is 1160. The Morgan fingerprint density at radius 1 is 1.21 bits per heavy atom. The van der Waals surface area contributed by atoms with Crippen molar-refractivity contribution >= 4 is 40.3 Å². The SMILES string of the molecule is CCCSc1nc(NC2CC2c2cccc(Cl)c2)c2nnn([C@@H]3C[C@H](CCO)[C@@H](O)[C@H]3O)c2n1. The van der Waals surface area contributed by atoms with Crippen molar-refractivity contribution in [3.05, 3.63) is 34.9 Å². The summed E-state index contributed by atoms with van der Waals surface area (Å²) in [6.45, 7) is 2.07. The predicted molar refractivity (Wildman–Crippen MR) is 131 cm³/mol. The summed E-state index contributed by atoms with van der Waals surface area (Å²) < 4.78 is 1.62. The number of anilines is 1. The average molecular weight is 505 g/mol. The van der Waals surface area contributed by atoms with Gasteiger partial charge >= 0.3 is 0 Å². The minimum absolute atomic E-state index is 0.0392. The van der Waals surface area contributed by atoms with Crippen molar-refractivity contribution in [2.75, 3.05) is 17.7 Å². The summed E-state index contributed by atoms with van der Waals surface area (Å²) >= 11 is 7.74. The van der Waals surface area contributed by atoms with E-state index in [1.54, 1.807) is 16.4 Å². The smallest absolute Gasteiger partial charge is 0.191 e. The molecule has 0 amide bonds. The third-order valence-electron chi connectivity index (χ3n) is 6.71. The standard InChI is InChI=1S/C23H29ClN6O3S/c1-2-8-34-23-26-21(25-16-11-15(16)12-4-3-5-14(24)9-12)18-22(27-23)30(29-28-18)17-10-13(6-7-31)19(32)20(17)33/h3-5,9,13,15-17,19-20,31-33H,2,6-8,10-11H2,1H3,(H,25,26,27)/t13-,15?,16?,17+,19+,20-/m0/s1. The van der Waals surface area contributed by atoms with Crippen LogP contribution in [0.5, 0.6) is 0 Å². The molecule has 2 unspecified atom stereocenters. The van der Waals surface area contributed by atoms with Gasteiger partial charge in [0.2, 0.25) is 0 Å². The summed E-state index contributed by atoms with van der Waals surface area (Å²) in [4.78, 5) is 9.45. The van der Waals surface area contributed by atoms with Gasteiger partial charge in [-0.2, -0.15) is 0 Å². The Labute approximate surface area is 206 Å². The van der Waals surface area contributed by atoms with Gasteiger partial charge in [-0.3, -0.25) is 0 Å². The average Bonchev–Trinajstić information content (AvgIpc) is 3.38. The summed E-state index contributed by atoms with van der Waals surface area (Å²) in [5.74, 6) is 1.65. The van der Waals surface area contributed by atoms with Gasteiger partial charge in [0, 0.05) is 29.3 Å². The van der Waals surface area contributed by atoms with E-state index in [0.29, 0.717) is 40.9 Å². The lowest BCUT2D eigenvalue weighted by Gasteiger charge is -2.17. The lowest BCUT2D eigenvalue weighted by atomic mass is 10.0. The van der Waals surface area contributed by atoms with Gasteiger partial charge in [0.05, 0.1) is 12.1 Å². The Morgan fingerprint density at radius 2 is 2.06 bits per heavy atom. The van der Waals surface area contributed by atoms with Crippen LogP contribution >= 0.6 is 23.4 Å². The number of aliphatic hydroxyl groups excluding tert-OH is 3. The van der Waals surface area contributed by atoms with Crippen LogP contribution in [0.3, 0.4) is 0 Å². The van der Waals surface area contributed by atoms with E-state index in [4.69, 9.17) is 21.6 Å². The largest absolute Gasteiger partial charge is 0.396 e. The molecule has 9 nitrogen and oxygen atoms in total. The van der Waals surface area contributed by atoms with Crippen LogP contribution in [0, 0.1) is 5.92 Å². The fraction of sp³-hybridized carbons (Fsp3) is 0.565. The van der Waals surface area contributed by atoms with E-state index in [1.807, 2.05) is 18.2 Å². The molecule has 2 saturated carbocycles. The summed E-state index contributed by atoms with van der Waals surface area (Å²) in [6.07, 6.45) is 0.943. The van der Waals surface area contributed by atoms with Crippen molar-refractivity contribution in [3.8, 4) is 0 Å². The number of halogens is 1. The fourth-order valence-corrected chi connectivity index (χ4v) is 5.71. The lowest BCUT2D eigenvalue weighted by Crippen LogP contribution is -2.30. The van der Waals surface area contributed by atoms with Crippen molar-refractivity contribution < 1.29 is 15.3 Å². The van der Waals surface area contributed by atoms with Gasteiger partial charge in [0.15, 0.2) is 22.1 Å². The molecule has 34 heavy (non-hydrogen) atoms. The zero-order valence-electron chi connectivity index (χ0n) is 18.9. The minimum atomic E-state index is -1.00. The fourth-order valence-electron chi connectivity index (χ4n) is 4.82. The molecule has 1 aromatic carbocycles. The first kappa shape index (κ1) is 23.7. The maximum absolute atomic E-state index is 10.7. The topological polar surface area (TPSA) is 129 Å². The molecule has 6 atom stereocenters. The Morgan fingerprint density at radius 3 is 2.82 bits per heavy atom. The van der Waals surface area contributed by atoms with Crippen molar-refractivity contribution in [1.82, 2.24) is 25.0 Å². The highest BCUT2D eigenvalue weighted by molar-refractivity contribution is 7.99. The highest BCUT2D eigenvalue weighted by atomic mass is 35.5. The lowest BCUT2D eigenvalue weighted by molar-refractivity contribution is 0.00107. The first-order chi connectivity index (χ1) is 16.5. The molecule has 5 rings (SSSR count). The molecule has 2 heterocycles. The molecule has 3 aromatic rings. The second kappa shape index (κ2) is 9.94. The quantitative estimate of drug-likeness (QED) is 0.256.